The third-order valence-corrected chi connectivity index (χ3v) is 5.50. The smallest absolute Gasteiger partial charge is 0.198 e. The second-order valence-corrected chi connectivity index (χ2v) is 7.35. The number of nitriles is 1. The van der Waals surface area contributed by atoms with Crippen LogP contribution in [0.5, 0.6) is 0 Å². The molecule has 2 aromatic rings. The highest BCUT2D eigenvalue weighted by Crippen LogP contribution is 2.44. The van der Waals surface area contributed by atoms with Gasteiger partial charge in [-0.15, -0.1) is 0 Å². The van der Waals surface area contributed by atoms with Crippen LogP contribution in [0, 0.1) is 18.3 Å². The van der Waals surface area contributed by atoms with E-state index in [-0.39, 0.29) is 0 Å². The number of aromatic nitrogens is 1. The fourth-order valence-electron chi connectivity index (χ4n) is 3.75. The van der Waals surface area contributed by atoms with Gasteiger partial charge >= 0.3 is 0 Å². The molecule has 0 amide bonds. The molecule has 1 aromatic heterocycles. The molecule has 2 heterocycles. The second kappa shape index (κ2) is 5.85. The van der Waals surface area contributed by atoms with Crippen molar-refractivity contribution >= 4 is 23.1 Å². The Morgan fingerprint density at radius 1 is 1.36 bits per heavy atom. The first-order valence-corrected chi connectivity index (χ1v) is 8.78. The summed E-state index contributed by atoms with van der Waals surface area (Å²) in [5, 5.41) is 9.60. The monoisotopic (exact) mass is 338 g/mol. The average molecular weight is 338 g/mol. The van der Waals surface area contributed by atoms with E-state index in [0.29, 0.717) is 45.6 Å². The number of nitrogens with zero attached hydrogens (tertiary/aromatic N) is 4. The molecule has 0 N–H and O–H groups in total. The van der Waals surface area contributed by atoms with Gasteiger partial charge in [-0.05, 0) is 45.8 Å². The molecule has 1 aliphatic carbocycles. The van der Waals surface area contributed by atoms with Crippen LogP contribution in [0.1, 0.15) is 52.6 Å². The highest BCUT2D eigenvalue weighted by atomic mass is 16.4. The van der Waals surface area contributed by atoms with Gasteiger partial charge in [-0.1, -0.05) is 0 Å². The molecule has 2 fully saturated rings. The number of rotatable bonds is 4. The van der Waals surface area contributed by atoms with Crippen molar-refractivity contribution in [3.63, 3.8) is 0 Å². The Morgan fingerprint density at radius 2 is 2.12 bits per heavy atom. The number of fused-ring (bicyclic) bond motifs is 1. The van der Waals surface area contributed by atoms with Crippen molar-refractivity contribution in [3.8, 4) is 6.07 Å². The molecule has 25 heavy (non-hydrogen) atoms. The third kappa shape index (κ3) is 2.50. The lowest BCUT2D eigenvalue weighted by atomic mass is 9.99. The SMILES string of the molecule is Cc1c(C=O)c(N2CCC(N(C)C)C2)c2oc(C3CC3)nc2c1C#N. The lowest BCUT2D eigenvalue weighted by molar-refractivity contribution is 0.112. The van der Waals surface area contributed by atoms with E-state index in [1.54, 1.807) is 0 Å². The van der Waals surface area contributed by atoms with Gasteiger partial charge in [-0.25, -0.2) is 4.98 Å². The molecule has 1 atom stereocenters. The molecule has 1 unspecified atom stereocenters. The predicted octanol–water partition coefficient (Wildman–Crippen LogP) is 2.84. The number of hydrogen-bond donors (Lipinski definition) is 0. The summed E-state index contributed by atoms with van der Waals surface area (Å²) in [4.78, 5) is 20.9. The van der Waals surface area contributed by atoms with Crippen molar-refractivity contribution in [2.24, 2.45) is 0 Å². The van der Waals surface area contributed by atoms with Gasteiger partial charge in [0.2, 0.25) is 0 Å². The van der Waals surface area contributed by atoms with Crippen LogP contribution in [-0.2, 0) is 0 Å². The number of anilines is 1. The van der Waals surface area contributed by atoms with Crippen molar-refractivity contribution in [2.45, 2.75) is 38.1 Å². The quantitative estimate of drug-likeness (QED) is 0.798. The molecule has 1 aliphatic heterocycles. The first-order valence-electron chi connectivity index (χ1n) is 8.78. The Balaban J connectivity index is 1.92. The lowest BCUT2D eigenvalue weighted by Gasteiger charge is -2.24. The van der Waals surface area contributed by atoms with Gasteiger partial charge < -0.3 is 14.2 Å². The summed E-state index contributed by atoms with van der Waals surface area (Å²) in [6.07, 6.45) is 4.05. The number of aldehydes is 1. The first kappa shape index (κ1) is 16.1. The summed E-state index contributed by atoms with van der Waals surface area (Å²) in [6, 6.07) is 2.66. The van der Waals surface area contributed by atoms with Gasteiger partial charge in [0.05, 0.1) is 11.3 Å². The normalized spacial score (nSPS) is 20.4. The van der Waals surface area contributed by atoms with Crippen LogP contribution in [0.15, 0.2) is 4.42 Å². The molecule has 4 rings (SSSR count). The van der Waals surface area contributed by atoms with E-state index in [9.17, 15) is 10.1 Å². The molecule has 130 valence electrons. The van der Waals surface area contributed by atoms with Gasteiger partial charge in [-0.2, -0.15) is 5.26 Å². The van der Waals surface area contributed by atoms with E-state index in [1.807, 2.05) is 6.92 Å². The van der Waals surface area contributed by atoms with E-state index in [0.717, 1.165) is 44.3 Å². The van der Waals surface area contributed by atoms with Gasteiger partial charge in [0.1, 0.15) is 11.6 Å². The number of carbonyl (C=O) groups excluding carboxylic acids is 1. The molecule has 1 aromatic carbocycles. The van der Waals surface area contributed by atoms with Crippen LogP contribution in [0.25, 0.3) is 11.1 Å². The summed E-state index contributed by atoms with van der Waals surface area (Å²) in [6.45, 7) is 3.54. The minimum Gasteiger partial charge on any atom is -0.438 e. The third-order valence-electron chi connectivity index (χ3n) is 5.50. The van der Waals surface area contributed by atoms with E-state index in [1.165, 1.54) is 0 Å². The van der Waals surface area contributed by atoms with E-state index >= 15 is 0 Å². The minimum atomic E-state index is 0.361. The first-order chi connectivity index (χ1) is 12.0. The molecule has 0 radical (unpaired) electrons. The maximum Gasteiger partial charge on any atom is 0.198 e. The Kier molecular flexibility index (Phi) is 3.77. The molecular formula is C19H22N4O2. The highest BCUT2D eigenvalue weighted by molar-refractivity contribution is 6.03. The number of oxazole rings is 1. The average Bonchev–Trinajstić information content (AvgIpc) is 3.16. The number of likely N-dealkylation sites (N-methyl/N-ethyl adjacent to an activating group) is 1. The zero-order valence-corrected chi connectivity index (χ0v) is 14.9. The summed E-state index contributed by atoms with van der Waals surface area (Å²) in [7, 11) is 4.15. The van der Waals surface area contributed by atoms with Crippen molar-refractivity contribution < 1.29 is 9.21 Å². The standard InChI is InChI=1S/C19H22N4O2/c1-11-14(8-20)16-18(25-19(21-16)12-4-5-12)17(15(11)10-24)23-7-6-13(9-23)22(2)3/h10,12-13H,4-7,9H2,1-3H3. The van der Waals surface area contributed by atoms with Crippen molar-refractivity contribution in [3.05, 3.63) is 22.6 Å². The molecule has 1 saturated heterocycles. The number of carbonyl (C=O) groups is 1. The Hall–Kier alpha value is -2.39. The maximum atomic E-state index is 11.9. The number of hydrogen-bond acceptors (Lipinski definition) is 6. The molecular weight excluding hydrogens is 316 g/mol. The molecule has 6 nitrogen and oxygen atoms in total. The maximum absolute atomic E-state index is 11.9. The summed E-state index contributed by atoms with van der Waals surface area (Å²) >= 11 is 0. The van der Waals surface area contributed by atoms with E-state index < -0.39 is 0 Å². The zero-order valence-electron chi connectivity index (χ0n) is 14.9. The van der Waals surface area contributed by atoms with Crippen LogP contribution in [0.4, 0.5) is 5.69 Å². The lowest BCUT2D eigenvalue weighted by Crippen LogP contribution is -2.32. The summed E-state index contributed by atoms with van der Waals surface area (Å²) in [5.41, 5.74) is 3.73. The van der Waals surface area contributed by atoms with Crippen molar-refractivity contribution in [2.75, 3.05) is 32.1 Å². The van der Waals surface area contributed by atoms with E-state index in [2.05, 4.69) is 34.9 Å². The van der Waals surface area contributed by atoms with Crippen LogP contribution in [0.3, 0.4) is 0 Å². The largest absolute Gasteiger partial charge is 0.438 e. The van der Waals surface area contributed by atoms with Crippen LogP contribution < -0.4 is 4.90 Å². The van der Waals surface area contributed by atoms with Gasteiger partial charge in [-0.3, -0.25) is 4.79 Å². The van der Waals surface area contributed by atoms with Crippen molar-refractivity contribution in [1.82, 2.24) is 9.88 Å². The molecule has 2 aliphatic rings. The zero-order chi connectivity index (χ0) is 17.7. The Bertz CT molecular complexity index is 889. The molecule has 0 bridgehead atoms. The Labute approximate surface area is 147 Å². The summed E-state index contributed by atoms with van der Waals surface area (Å²) in [5.74, 6) is 1.07. The fraction of sp³-hybridized carbons (Fsp3) is 0.526. The van der Waals surface area contributed by atoms with Crippen LogP contribution in [0.2, 0.25) is 0 Å². The van der Waals surface area contributed by atoms with Gasteiger partial charge in [0.15, 0.2) is 17.8 Å². The minimum absolute atomic E-state index is 0.361. The number of benzene rings is 1. The fourth-order valence-corrected chi connectivity index (χ4v) is 3.75. The molecule has 0 spiro atoms. The summed E-state index contributed by atoms with van der Waals surface area (Å²) < 4.78 is 6.09. The van der Waals surface area contributed by atoms with Gasteiger partial charge in [0, 0.05) is 30.6 Å². The van der Waals surface area contributed by atoms with Crippen LogP contribution in [-0.4, -0.2) is 49.4 Å². The Morgan fingerprint density at radius 3 is 2.68 bits per heavy atom. The second-order valence-electron chi connectivity index (χ2n) is 7.35. The highest BCUT2D eigenvalue weighted by Gasteiger charge is 2.34. The topological polar surface area (TPSA) is 73.4 Å². The molecule has 1 saturated carbocycles. The van der Waals surface area contributed by atoms with E-state index in [4.69, 9.17) is 4.42 Å². The van der Waals surface area contributed by atoms with Crippen LogP contribution >= 0.6 is 0 Å². The molecule has 6 heteroatoms. The van der Waals surface area contributed by atoms with Gasteiger partial charge in [0.25, 0.3) is 0 Å². The predicted molar refractivity (Wildman–Crippen MR) is 95.1 cm³/mol. The van der Waals surface area contributed by atoms with Crippen molar-refractivity contribution in [1.29, 1.82) is 5.26 Å².